The van der Waals surface area contributed by atoms with Crippen LogP contribution in [-0.2, 0) is 13.6 Å². The summed E-state index contributed by atoms with van der Waals surface area (Å²) in [5, 5.41) is 8.40. The predicted octanol–water partition coefficient (Wildman–Crippen LogP) is 3.30. The summed E-state index contributed by atoms with van der Waals surface area (Å²) in [5.74, 6) is 1.13. The van der Waals surface area contributed by atoms with E-state index in [0.29, 0.717) is 11.7 Å². The first-order valence-electron chi connectivity index (χ1n) is 8.89. The van der Waals surface area contributed by atoms with Crippen molar-refractivity contribution in [3.8, 4) is 11.4 Å². The van der Waals surface area contributed by atoms with Gasteiger partial charge in [0.15, 0.2) is 0 Å². The second kappa shape index (κ2) is 6.99. The maximum Gasteiger partial charge on any atom is 0.231 e. The summed E-state index contributed by atoms with van der Waals surface area (Å²) in [6.07, 6.45) is 4.07. The zero-order chi connectivity index (χ0) is 18.1. The third-order valence-corrected chi connectivity index (χ3v) is 5.13. The van der Waals surface area contributed by atoms with Crippen molar-refractivity contribution in [2.45, 2.75) is 32.2 Å². The van der Waals surface area contributed by atoms with E-state index in [-0.39, 0.29) is 11.7 Å². The summed E-state index contributed by atoms with van der Waals surface area (Å²) >= 11 is 0. The maximum atomic E-state index is 13.1. The molecule has 3 heterocycles. The average molecular weight is 355 g/mol. The third-order valence-electron chi connectivity index (χ3n) is 5.13. The van der Waals surface area contributed by atoms with E-state index >= 15 is 0 Å². The molecule has 0 spiro atoms. The van der Waals surface area contributed by atoms with Crippen molar-refractivity contribution in [1.82, 2.24) is 24.8 Å². The van der Waals surface area contributed by atoms with Gasteiger partial charge in [0.2, 0.25) is 11.7 Å². The van der Waals surface area contributed by atoms with Crippen molar-refractivity contribution in [3.05, 3.63) is 53.4 Å². The monoisotopic (exact) mass is 355 g/mol. The zero-order valence-electron chi connectivity index (χ0n) is 15.0. The molecular formula is C19H22FN5O. The fourth-order valence-electron chi connectivity index (χ4n) is 3.46. The third kappa shape index (κ3) is 3.39. The number of hydrogen-bond donors (Lipinski definition) is 0. The molecule has 1 aliphatic rings. The van der Waals surface area contributed by atoms with E-state index in [9.17, 15) is 4.39 Å². The highest BCUT2D eigenvalue weighted by Gasteiger charge is 2.26. The second-order valence-electron chi connectivity index (χ2n) is 6.92. The first-order valence-corrected chi connectivity index (χ1v) is 8.89. The fraction of sp³-hybridized carbons (Fsp3) is 0.421. The number of halogens is 1. The van der Waals surface area contributed by atoms with Crippen LogP contribution in [0.25, 0.3) is 11.4 Å². The van der Waals surface area contributed by atoms with Gasteiger partial charge in [0.05, 0.1) is 12.1 Å². The Labute approximate surface area is 151 Å². The van der Waals surface area contributed by atoms with Crippen molar-refractivity contribution < 1.29 is 8.91 Å². The van der Waals surface area contributed by atoms with Gasteiger partial charge in [-0.05, 0) is 50.6 Å². The highest BCUT2D eigenvalue weighted by molar-refractivity contribution is 5.53. The van der Waals surface area contributed by atoms with E-state index in [0.717, 1.165) is 38.0 Å². The number of hydrogen-bond acceptors (Lipinski definition) is 5. The first kappa shape index (κ1) is 16.9. The first-order chi connectivity index (χ1) is 12.6. The van der Waals surface area contributed by atoms with Crippen molar-refractivity contribution in [1.29, 1.82) is 0 Å². The number of aryl methyl sites for hydroxylation is 1. The molecule has 1 fully saturated rings. The van der Waals surface area contributed by atoms with Gasteiger partial charge in [0.1, 0.15) is 5.82 Å². The van der Waals surface area contributed by atoms with Gasteiger partial charge in [0.25, 0.3) is 0 Å². The lowest BCUT2D eigenvalue weighted by Crippen LogP contribution is -2.34. The van der Waals surface area contributed by atoms with Gasteiger partial charge in [-0.1, -0.05) is 5.16 Å². The number of likely N-dealkylation sites (tertiary alicyclic amines) is 1. The molecule has 0 N–H and O–H groups in total. The van der Waals surface area contributed by atoms with Gasteiger partial charge in [0, 0.05) is 37.0 Å². The number of nitrogens with zero attached hydrogens (tertiary/aromatic N) is 5. The Hall–Kier alpha value is -2.54. The predicted molar refractivity (Wildman–Crippen MR) is 94.9 cm³/mol. The Bertz CT molecular complexity index is 886. The van der Waals surface area contributed by atoms with Crippen LogP contribution in [-0.4, -0.2) is 37.9 Å². The van der Waals surface area contributed by atoms with Gasteiger partial charge < -0.3 is 4.52 Å². The van der Waals surface area contributed by atoms with Crippen molar-refractivity contribution in [2.24, 2.45) is 7.05 Å². The molecule has 26 heavy (non-hydrogen) atoms. The van der Waals surface area contributed by atoms with E-state index in [4.69, 9.17) is 4.52 Å². The Morgan fingerprint density at radius 3 is 2.81 bits per heavy atom. The zero-order valence-corrected chi connectivity index (χ0v) is 15.0. The quantitative estimate of drug-likeness (QED) is 0.719. The van der Waals surface area contributed by atoms with E-state index in [1.54, 1.807) is 12.1 Å². The van der Waals surface area contributed by atoms with Crippen molar-refractivity contribution in [2.75, 3.05) is 13.1 Å². The number of piperidine rings is 1. The largest absolute Gasteiger partial charge is 0.339 e. The van der Waals surface area contributed by atoms with Crippen LogP contribution in [0, 0.1) is 12.7 Å². The molecular weight excluding hydrogens is 333 g/mol. The maximum absolute atomic E-state index is 13.1. The average Bonchev–Trinajstić information content (AvgIpc) is 3.26. The molecule has 1 aromatic carbocycles. The van der Waals surface area contributed by atoms with E-state index < -0.39 is 0 Å². The lowest BCUT2D eigenvalue weighted by Gasteiger charge is -2.30. The topological polar surface area (TPSA) is 60.0 Å². The standard InChI is InChI=1S/C19H22FN5O/c1-13-16(10-21-24(13)2)12-25-9-3-4-15(11-25)19-22-18(23-26-19)14-5-7-17(20)8-6-14/h5-8,10,15H,3-4,9,11-12H2,1-2H3/t15-/m0/s1. The molecule has 4 rings (SSSR count). The normalized spacial score (nSPS) is 18.3. The van der Waals surface area contributed by atoms with Crippen LogP contribution < -0.4 is 0 Å². The number of aromatic nitrogens is 4. The summed E-state index contributed by atoms with van der Waals surface area (Å²) in [7, 11) is 1.97. The molecule has 0 bridgehead atoms. The second-order valence-corrected chi connectivity index (χ2v) is 6.92. The number of benzene rings is 1. The van der Waals surface area contributed by atoms with Crippen LogP contribution in [0.3, 0.4) is 0 Å². The summed E-state index contributed by atoms with van der Waals surface area (Å²) in [6, 6.07) is 6.15. The van der Waals surface area contributed by atoms with Crippen LogP contribution in [0.1, 0.15) is 35.9 Å². The molecule has 1 aliphatic heterocycles. The van der Waals surface area contributed by atoms with Crippen LogP contribution in [0.15, 0.2) is 35.0 Å². The smallest absolute Gasteiger partial charge is 0.231 e. The summed E-state index contributed by atoms with van der Waals surface area (Å²) in [5.41, 5.74) is 3.22. The molecule has 0 aliphatic carbocycles. The number of rotatable bonds is 4. The minimum absolute atomic E-state index is 0.224. The molecule has 2 aromatic heterocycles. The van der Waals surface area contributed by atoms with Crippen molar-refractivity contribution >= 4 is 0 Å². The fourth-order valence-corrected chi connectivity index (χ4v) is 3.46. The van der Waals surface area contributed by atoms with Gasteiger partial charge >= 0.3 is 0 Å². The Balaban J connectivity index is 1.46. The molecule has 136 valence electrons. The van der Waals surface area contributed by atoms with E-state index in [1.165, 1.54) is 23.4 Å². The van der Waals surface area contributed by atoms with Crippen LogP contribution in [0.4, 0.5) is 4.39 Å². The lowest BCUT2D eigenvalue weighted by molar-refractivity contribution is 0.180. The molecule has 3 aromatic rings. The Morgan fingerprint density at radius 2 is 2.08 bits per heavy atom. The summed E-state index contributed by atoms with van der Waals surface area (Å²) in [4.78, 5) is 6.97. The van der Waals surface area contributed by atoms with Gasteiger partial charge in [-0.15, -0.1) is 0 Å². The molecule has 6 nitrogen and oxygen atoms in total. The molecule has 0 amide bonds. The Kier molecular flexibility index (Phi) is 4.55. The van der Waals surface area contributed by atoms with Crippen LogP contribution >= 0.6 is 0 Å². The highest BCUT2D eigenvalue weighted by Crippen LogP contribution is 2.28. The van der Waals surface area contributed by atoms with Gasteiger partial charge in [-0.25, -0.2) is 4.39 Å². The molecule has 0 unspecified atom stereocenters. The van der Waals surface area contributed by atoms with Gasteiger partial charge in [-0.3, -0.25) is 9.58 Å². The molecule has 7 heteroatoms. The van der Waals surface area contributed by atoms with Gasteiger partial charge in [-0.2, -0.15) is 10.1 Å². The van der Waals surface area contributed by atoms with Crippen LogP contribution in [0.5, 0.6) is 0 Å². The van der Waals surface area contributed by atoms with E-state index in [2.05, 4.69) is 27.1 Å². The summed E-state index contributed by atoms with van der Waals surface area (Å²) in [6.45, 7) is 4.93. The Morgan fingerprint density at radius 1 is 1.27 bits per heavy atom. The highest BCUT2D eigenvalue weighted by atomic mass is 19.1. The SMILES string of the molecule is Cc1c(CN2CCC[C@H](c3nc(-c4ccc(F)cc4)no3)C2)cnn1C. The minimum Gasteiger partial charge on any atom is -0.339 e. The molecule has 0 saturated carbocycles. The van der Waals surface area contributed by atoms with Crippen LogP contribution in [0.2, 0.25) is 0 Å². The molecule has 0 radical (unpaired) electrons. The molecule has 1 saturated heterocycles. The summed E-state index contributed by atoms with van der Waals surface area (Å²) < 4.78 is 20.5. The molecule has 1 atom stereocenters. The van der Waals surface area contributed by atoms with Crippen molar-refractivity contribution in [3.63, 3.8) is 0 Å². The lowest BCUT2D eigenvalue weighted by atomic mass is 9.97. The van der Waals surface area contributed by atoms with E-state index in [1.807, 2.05) is 17.9 Å². The minimum atomic E-state index is -0.272.